The van der Waals surface area contributed by atoms with Crippen molar-refractivity contribution in [3.05, 3.63) is 65.2 Å². The van der Waals surface area contributed by atoms with E-state index < -0.39 is 0 Å². The molecular weight excluding hydrogens is 248 g/mol. The van der Waals surface area contributed by atoms with E-state index in [1.54, 1.807) is 13.2 Å². The molecule has 2 rings (SSSR count). The van der Waals surface area contributed by atoms with Gasteiger partial charge in [0, 0.05) is 5.56 Å². The van der Waals surface area contributed by atoms with Crippen LogP contribution in [-0.2, 0) is 4.74 Å². The first kappa shape index (κ1) is 12.5. The molecule has 4 heteroatoms. The summed E-state index contributed by atoms with van der Waals surface area (Å²) in [5, 5.41) is 4.82. The first-order valence-corrected chi connectivity index (χ1v) is 5.86. The first-order valence-electron chi connectivity index (χ1n) is 5.49. The highest BCUT2D eigenvalue weighted by molar-refractivity contribution is 6.33. The van der Waals surface area contributed by atoms with Crippen molar-refractivity contribution < 1.29 is 4.74 Å². The molecule has 0 aliphatic carbocycles. The minimum atomic E-state index is 0.510. The number of ether oxygens (including phenoxy) is 1. The number of hydrogen-bond donors (Lipinski definition) is 1. The summed E-state index contributed by atoms with van der Waals surface area (Å²) >= 11 is 6.02. The molecule has 0 bridgehead atoms. The van der Waals surface area contributed by atoms with Crippen molar-refractivity contribution in [1.29, 1.82) is 0 Å². The number of halogens is 1. The fourth-order valence-electron chi connectivity index (χ4n) is 1.47. The van der Waals surface area contributed by atoms with E-state index >= 15 is 0 Å². The normalized spacial score (nSPS) is 11.1. The summed E-state index contributed by atoms with van der Waals surface area (Å²) in [5.41, 5.74) is 4.54. The average molecular weight is 261 g/mol. The lowest BCUT2D eigenvalue weighted by molar-refractivity contribution is 0.404. The van der Waals surface area contributed by atoms with Gasteiger partial charge >= 0.3 is 0 Å². The van der Waals surface area contributed by atoms with Crippen molar-refractivity contribution >= 4 is 23.2 Å². The van der Waals surface area contributed by atoms with Crippen LogP contribution in [0.5, 0.6) is 0 Å². The maximum absolute atomic E-state index is 6.02. The monoisotopic (exact) mass is 260 g/mol. The number of hydrogen-bond acceptors (Lipinski definition) is 3. The molecule has 0 amide bonds. The Morgan fingerprint density at radius 3 is 2.39 bits per heavy atom. The number of nitrogens with one attached hydrogen (secondary N) is 1. The summed E-state index contributed by atoms with van der Waals surface area (Å²) < 4.78 is 5.24. The van der Waals surface area contributed by atoms with Gasteiger partial charge in [0.2, 0.25) is 5.90 Å². The molecule has 0 fully saturated rings. The maximum Gasteiger partial charge on any atom is 0.238 e. The highest BCUT2D eigenvalue weighted by atomic mass is 35.5. The zero-order valence-electron chi connectivity index (χ0n) is 9.93. The molecule has 0 saturated heterocycles. The molecule has 18 heavy (non-hydrogen) atoms. The summed E-state index contributed by atoms with van der Waals surface area (Å²) in [5.74, 6) is 0.510. The molecule has 0 aliphatic rings. The second-order valence-corrected chi connectivity index (χ2v) is 3.99. The van der Waals surface area contributed by atoms with Crippen LogP contribution >= 0.6 is 11.6 Å². The van der Waals surface area contributed by atoms with Crippen LogP contribution in [0.1, 0.15) is 5.56 Å². The molecule has 0 heterocycles. The number of anilines is 1. The van der Waals surface area contributed by atoms with Crippen LogP contribution in [0.4, 0.5) is 5.69 Å². The van der Waals surface area contributed by atoms with Crippen molar-refractivity contribution in [1.82, 2.24) is 0 Å². The van der Waals surface area contributed by atoms with Crippen LogP contribution in [0.2, 0.25) is 5.02 Å². The van der Waals surface area contributed by atoms with Gasteiger partial charge in [0.15, 0.2) is 0 Å². The summed E-state index contributed by atoms with van der Waals surface area (Å²) in [6.07, 6.45) is 0. The second-order valence-electron chi connectivity index (χ2n) is 3.58. The second kappa shape index (κ2) is 6.07. The summed E-state index contributed by atoms with van der Waals surface area (Å²) in [6.45, 7) is 0. The quantitative estimate of drug-likeness (QED) is 0.518. The Morgan fingerprint density at radius 1 is 1.06 bits per heavy atom. The number of methoxy groups -OCH3 is 1. The molecule has 0 unspecified atom stereocenters. The summed E-state index contributed by atoms with van der Waals surface area (Å²) in [4.78, 5) is 0. The van der Waals surface area contributed by atoms with Crippen molar-refractivity contribution in [2.75, 3.05) is 12.5 Å². The predicted octanol–water partition coefficient (Wildman–Crippen LogP) is 3.76. The maximum atomic E-state index is 6.02. The molecule has 2 aromatic rings. The number of hydrazone groups is 1. The highest BCUT2D eigenvalue weighted by Crippen LogP contribution is 2.20. The Kier molecular flexibility index (Phi) is 4.20. The molecule has 2 aromatic carbocycles. The van der Waals surface area contributed by atoms with Gasteiger partial charge in [0.25, 0.3) is 0 Å². The smallest absolute Gasteiger partial charge is 0.238 e. The van der Waals surface area contributed by atoms with Crippen molar-refractivity contribution in [3.8, 4) is 0 Å². The fraction of sp³-hybridized carbons (Fsp3) is 0.0714. The number of nitrogens with zero attached hydrogens (tertiary/aromatic N) is 1. The largest absolute Gasteiger partial charge is 0.480 e. The number of para-hydroxylation sites is 1. The topological polar surface area (TPSA) is 33.6 Å². The number of rotatable bonds is 3. The van der Waals surface area contributed by atoms with E-state index in [-0.39, 0.29) is 0 Å². The van der Waals surface area contributed by atoms with Gasteiger partial charge in [-0.15, -0.1) is 5.10 Å². The van der Waals surface area contributed by atoms with Gasteiger partial charge in [-0.2, -0.15) is 0 Å². The van der Waals surface area contributed by atoms with Gasteiger partial charge in [-0.05, 0) is 24.3 Å². The number of benzene rings is 2. The standard InChI is InChI=1S/C14H13ClN2O/c1-18-14(11-7-3-2-4-8-11)17-16-13-10-6-5-9-12(13)15/h2-10,16H,1H3/b17-14-. The molecule has 0 saturated carbocycles. The van der Waals surface area contributed by atoms with Gasteiger partial charge < -0.3 is 4.74 Å². The highest BCUT2D eigenvalue weighted by Gasteiger charge is 2.03. The van der Waals surface area contributed by atoms with Crippen LogP contribution in [0, 0.1) is 0 Å². The third-order valence-electron chi connectivity index (χ3n) is 2.37. The zero-order chi connectivity index (χ0) is 12.8. The van der Waals surface area contributed by atoms with Gasteiger partial charge in [-0.25, -0.2) is 0 Å². The fourth-order valence-corrected chi connectivity index (χ4v) is 1.65. The Bertz CT molecular complexity index is 541. The van der Waals surface area contributed by atoms with E-state index in [2.05, 4.69) is 10.5 Å². The van der Waals surface area contributed by atoms with Gasteiger partial charge in [-0.1, -0.05) is 41.9 Å². The SMILES string of the molecule is CO/C(=N\Nc1ccccc1Cl)c1ccccc1. The minimum absolute atomic E-state index is 0.510. The zero-order valence-corrected chi connectivity index (χ0v) is 10.7. The van der Waals surface area contributed by atoms with Gasteiger partial charge in [0.05, 0.1) is 17.8 Å². The Hall–Kier alpha value is -2.00. The first-order chi connectivity index (χ1) is 8.81. The molecule has 0 aliphatic heterocycles. The van der Waals surface area contributed by atoms with Crippen LogP contribution in [0.3, 0.4) is 0 Å². The van der Waals surface area contributed by atoms with E-state index in [0.29, 0.717) is 10.9 Å². The molecule has 0 spiro atoms. The molecular formula is C14H13ClN2O. The summed E-state index contributed by atoms with van der Waals surface area (Å²) in [6, 6.07) is 17.1. The molecule has 1 N–H and O–H groups in total. The third kappa shape index (κ3) is 3.02. The molecule has 92 valence electrons. The average Bonchev–Trinajstić information content (AvgIpc) is 2.42. The molecule has 3 nitrogen and oxygen atoms in total. The molecule has 0 atom stereocenters. The van der Waals surface area contributed by atoms with Gasteiger partial charge in [0.1, 0.15) is 0 Å². The van der Waals surface area contributed by atoms with Crippen LogP contribution in [0.15, 0.2) is 59.7 Å². The van der Waals surface area contributed by atoms with Crippen LogP contribution in [0.25, 0.3) is 0 Å². The van der Waals surface area contributed by atoms with E-state index in [1.807, 2.05) is 48.5 Å². The predicted molar refractivity (Wildman–Crippen MR) is 75.1 cm³/mol. The minimum Gasteiger partial charge on any atom is -0.480 e. The van der Waals surface area contributed by atoms with E-state index in [9.17, 15) is 0 Å². The molecule has 0 radical (unpaired) electrons. The lowest BCUT2D eigenvalue weighted by Gasteiger charge is -2.07. The van der Waals surface area contributed by atoms with Crippen molar-refractivity contribution in [3.63, 3.8) is 0 Å². The Balaban J connectivity index is 2.19. The van der Waals surface area contributed by atoms with Gasteiger partial charge in [-0.3, -0.25) is 5.43 Å². The van der Waals surface area contributed by atoms with E-state index in [0.717, 1.165) is 11.3 Å². The van der Waals surface area contributed by atoms with Crippen LogP contribution < -0.4 is 5.43 Å². The van der Waals surface area contributed by atoms with Crippen LogP contribution in [-0.4, -0.2) is 13.0 Å². The van der Waals surface area contributed by atoms with Crippen molar-refractivity contribution in [2.24, 2.45) is 5.10 Å². The Morgan fingerprint density at radius 2 is 1.72 bits per heavy atom. The van der Waals surface area contributed by atoms with E-state index in [4.69, 9.17) is 16.3 Å². The third-order valence-corrected chi connectivity index (χ3v) is 2.70. The Labute approximate surface area is 111 Å². The van der Waals surface area contributed by atoms with E-state index in [1.165, 1.54) is 0 Å². The molecule has 0 aromatic heterocycles. The summed E-state index contributed by atoms with van der Waals surface area (Å²) in [7, 11) is 1.58. The van der Waals surface area contributed by atoms with Crippen molar-refractivity contribution in [2.45, 2.75) is 0 Å². The lowest BCUT2D eigenvalue weighted by atomic mass is 10.2. The lowest BCUT2D eigenvalue weighted by Crippen LogP contribution is -2.06.